The smallest absolute Gasteiger partial charge is 0.268 e. The standard InChI is InChI=1S/C20H24N4O2S/c1-15-4-6-19(7-5-15)27(25,26)24-13-18(23-14-24)8-9-21-12-20-17(3)10-16(2)11-22-20/h4-7,10-11,13-14,21H,8-9,12H2,1-3H3. The van der Waals surface area contributed by atoms with Gasteiger partial charge in [-0.1, -0.05) is 23.8 Å². The zero-order valence-corrected chi connectivity index (χ0v) is 16.6. The maximum atomic E-state index is 12.6. The van der Waals surface area contributed by atoms with Crippen LogP contribution in [-0.2, 0) is 23.0 Å². The highest BCUT2D eigenvalue weighted by molar-refractivity contribution is 7.90. The fourth-order valence-corrected chi connectivity index (χ4v) is 3.94. The van der Waals surface area contributed by atoms with E-state index < -0.39 is 10.0 Å². The molecule has 1 N–H and O–H groups in total. The van der Waals surface area contributed by atoms with Crippen molar-refractivity contribution in [3.8, 4) is 0 Å². The van der Waals surface area contributed by atoms with Gasteiger partial charge in [-0.3, -0.25) is 4.98 Å². The van der Waals surface area contributed by atoms with Crippen molar-refractivity contribution < 1.29 is 8.42 Å². The largest absolute Gasteiger partial charge is 0.311 e. The highest BCUT2D eigenvalue weighted by Crippen LogP contribution is 2.15. The molecule has 27 heavy (non-hydrogen) atoms. The molecule has 0 saturated heterocycles. The van der Waals surface area contributed by atoms with Gasteiger partial charge in [0.05, 0.1) is 16.3 Å². The van der Waals surface area contributed by atoms with E-state index in [1.807, 2.05) is 20.0 Å². The molecule has 0 saturated carbocycles. The first-order valence-electron chi connectivity index (χ1n) is 8.84. The van der Waals surface area contributed by atoms with Crippen LogP contribution in [0.25, 0.3) is 0 Å². The van der Waals surface area contributed by atoms with Crippen molar-refractivity contribution in [2.75, 3.05) is 6.54 Å². The number of benzene rings is 1. The van der Waals surface area contributed by atoms with Gasteiger partial charge < -0.3 is 5.32 Å². The Kier molecular flexibility index (Phi) is 5.72. The van der Waals surface area contributed by atoms with E-state index in [0.717, 1.165) is 28.1 Å². The Morgan fingerprint density at radius 1 is 1.04 bits per heavy atom. The fourth-order valence-electron chi connectivity index (χ4n) is 2.79. The van der Waals surface area contributed by atoms with Gasteiger partial charge in [0, 0.05) is 31.9 Å². The lowest BCUT2D eigenvalue weighted by molar-refractivity contribution is 0.587. The molecule has 7 heteroatoms. The van der Waals surface area contributed by atoms with Crippen LogP contribution in [0.2, 0.25) is 0 Å². The number of pyridine rings is 1. The minimum atomic E-state index is -3.59. The first-order chi connectivity index (χ1) is 12.9. The van der Waals surface area contributed by atoms with Gasteiger partial charge in [-0.25, -0.2) is 17.4 Å². The van der Waals surface area contributed by atoms with Gasteiger partial charge in [0.1, 0.15) is 6.33 Å². The molecule has 0 spiro atoms. The van der Waals surface area contributed by atoms with Crippen molar-refractivity contribution in [1.29, 1.82) is 0 Å². The van der Waals surface area contributed by atoms with Crippen LogP contribution in [0.3, 0.4) is 0 Å². The highest BCUT2D eigenvalue weighted by atomic mass is 32.2. The SMILES string of the molecule is Cc1ccc(S(=O)(=O)n2cnc(CCNCc3ncc(C)cc3C)c2)cc1. The molecule has 0 aliphatic rings. The zero-order chi connectivity index (χ0) is 19.4. The summed E-state index contributed by atoms with van der Waals surface area (Å²) in [5.74, 6) is 0. The van der Waals surface area contributed by atoms with Gasteiger partial charge in [0.25, 0.3) is 10.0 Å². The molecule has 0 atom stereocenters. The van der Waals surface area contributed by atoms with E-state index in [1.165, 1.54) is 10.3 Å². The first kappa shape index (κ1) is 19.3. The van der Waals surface area contributed by atoms with Crippen molar-refractivity contribution in [2.24, 2.45) is 0 Å². The van der Waals surface area contributed by atoms with Gasteiger partial charge in [-0.05, 0) is 44.0 Å². The Balaban J connectivity index is 1.58. The molecule has 0 aliphatic heterocycles. The maximum absolute atomic E-state index is 12.6. The number of rotatable bonds is 7. The third-order valence-electron chi connectivity index (χ3n) is 4.38. The predicted octanol–water partition coefficient (Wildman–Crippen LogP) is 2.77. The predicted molar refractivity (Wildman–Crippen MR) is 105 cm³/mol. The normalized spacial score (nSPS) is 11.7. The number of hydrogen-bond donors (Lipinski definition) is 1. The molecule has 0 aliphatic carbocycles. The summed E-state index contributed by atoms with van der Waals surface area (Å²) in [4.78, 5) is 8.92. The second-order valence-electron chi connectivity index (χ2n) is 6.72. The Bertz CT molecular complexity index is 1020. The summed E-state index contributed by atoms with van der Waals surface area (Å²) >= 11 is 0. The van der Waals surface area contributed by atoms with E-state index in [9.17, 15) is 8.42 Å². The number of aromatic nitrogens is 3. The lowest BCUT2D eigenvalue weighted by Crippen LogP contribution is -2.18. The second-order valence-corrected chi connectivity index (χ2v) is 8.56. The van der Waals surface area contributed by atoms with Crippen LogP contribution in [0.5, 0.6) is 0 Å². The summed E-state index contributed by atoms with van der Waals surface area (Å²) in [6.45, 7) is 7.37. The minimum Gasteiger partial charge on any atom is -0.311 e. The van der Waals surface area contributed by atoms with E-state index in [-0.39, 0.29) is 4.90 Å². The van der Waals surface area contributed by atoms with Crippen molar-refractivity contribution in [2.45, 2.75) is 38.6 Å². The van der Waals surface area contributed by atoms with Crippen molar-refractivity contribution in [1.82, 2.24) is 19.3 Å². The van der Waals surface area contributed by atoms with Gasteiger partial charge in [0.2, 0.25) is 0 Å². The molecular formula is C20H24N4O2S. The summed E-state index contributed by atoms with van der Waals surface area (Å²) in [6.07, 6.45) is 5.44. The average Bonchev–Trinajstić information content (AvgIpc) is 3.10. The van der Waals surface area contributed by atoms with Crippen LogP contribution < -0.4 is 5.32 Å². The number of hydrogen-bond acceptors (Lipinski definition) is 5. The van der Waals surface area contributed by atoms with Crippen LogP contribution in [-0.4, -0.2) is 28.9 Å². The topological polar surface area (TPSA) is 76.9 Å². The van der Waals surface area contributed by atoms with Crippen LogP contribution in [0.15, 0.2) is 53.9 Å². The summed E-state index contributed by atoms with van der Waals surface area (Å²) in [5, 5.41) is 3.34. The van der Waals surface area contributed by atoms with Crippen LogP contribution in [0.4, 0.5) is 0 Å². The molecule has 142 valence electrons. The summed E-state index contributed by atoms with van der Waals surface area (Å²) < 4.78 is 26.5. The highest BCUT2D eigenvalue weighted by Gasteiger charge is 2.17. The van der Waals surface area contributed by atoms with E-state index in [0.29, 0.717) is 19.5 Å². The average molecular weight is 385 g/mol. The number of imidazole rings is 1. The fraction of sp³-hybridized carbons (Fsp3) is 0.300. The van der Waals surface area contributed by atoms with Crippen LogP contribution in [0, 0.1) is 20.8 Å². The van der Waals surface area contributed by atoms with E-state index in [2.05, 4.69) is 28.3 Å². The zero-order valence-electron chi connectivity index (χ0n) is 15.8. The van der Waals surface area contributed by atoms with Gasteiger partial charge in [-0.15, -0.1) is 0 Å². The van der Waals surface area contributed by atoms with E-state index in [1.54, 1.807) is 30.5 Å². The Morgan fingerprint density at radius 3 is 2.48 bits per heavy atom. The lowest BCUT2D eigenvalue weighted by Gasteiger charge is -2.07. The van der Waals surface area contributed by atoms with Crippen molar-refractivity contribution >= 4 is 10.0 Å². The molecule has 3 aromatic rings. The van der Waals surface area contributed by atoms with Crippen molar-refractivity contribution in [3.05, 3.63) is 77.1 Å². The molecule has 3 rings (SSSR count). The molecule has 1 aromatic carbocycles. The third kappa shape index (κ3) is 4.61. The molecular weight excluding hydrogens is 360 g/mol. The second kappa shape index (κ2) is 8.02. The van der Waals surface area contributed by atoms with Gasteiger partial charge in [-0.2, -0.15) is 0 Å². The molecule has 2 aromatic heterocycles. The molecule has 0 amide bonds. The van der Waals surface area contributed by atoms with Gasteiger partial charge >= 0.3 is 0 Å². The molecule has 2 heterocycles. The Morgan fingerprint density at radius 2 is 1.78 bits per heavy atom. The van der Waals surface area contributed by atoms with E-state index >= 15 is 0 Å². The molecule has 0 bridgehead atoms. The first-order valence-corrected chi connectivity index (χ1v) is 10.3. The summed E-state index contributed by atoms with van der Waals surface area (Å²) in [5.41, 5.74) is 5.08. The molecule has 0 radical (unpaired) electrons. The minimum absolute atomic E-state index is 0.260. The lowest BCUT2D eigenvalue weighted by atomic mass is 10.1. The van der Waals surface area contributed by atoms with E-state index in [4.69, 9.17) is 0 Å². The Labute approximate surface area is 160 Å². The third-order valence-corrected chi connectivity index (χ3v) is 6.01. The number of nitrogens with zero attached hydrogens (tertiary/aromatic N) is 3. The summed E-state index contributed by atoms with van der Waals surface area (Å²) in [7, 11) is -3.59. The molecule has 0 fully saturated rings. The quantitative estimate of drug-likeness (QED) is 0.634. The molecule has 6 nitrogen and oxygen atoms in total. The van der Waals surface area contributed by atoms with Crippen LogP contribution >= 0.6 is 0 Å². The van der Waals surface area contributed by atoms with Crippen molar-refractivity contribution in [3.63, 3.8) is 0 Å². The van der Waals surface area contributed by atoms with Crippen LogP contribution in [0.1, 0.15) is 28.1 Å². The maximum Gasteiger partial charge on any atom is 0.268 e. The summed E-state index contributed by atoms with van der Waals surface area (Å²) in [6, 6.07) is 8.92. The number of nitrogens with one attached hydrogen (secondary N) is 1. The van der Waals surface area contributed by atoms with Gasteiger partial charge in [0.15, 0.2) is 0 Å². The molecule has 0 unspecified atom stereocenters. The number of aryl methyl sites for hydroxylation is 3. The Hall–Kier alpha value is -2.51. The monoisotopic (exact) mass is 384 g/mol.